The highest BCUT2D eigenvalue weighted by molar-refractivity contribution is 7.91. The van der Waals surface area contributed by atoms with Gasteiger partial charge in [-0.25, -0.2) is 17.2 Å². The normalized spacial score (nSPS) is 15.4. The van der Waals surface area contributed by atoms with Gasteiger partial charge in [0.15, 0.2) is 21.5 Å². The first-order valence-corrected chi connectivity index (χ1v) is 7.27. The monoisotopic (exact) mass is 278 g/mol. The number of hydrogen-bond acceptors (Lipinski definition) is 3. The van der Waals surface area contributed by atoms with Crippen LogP contribution in [0.3, 0.4) is 0 Å². The smallest absolute Gasteiger partial charge is 0.159 e. The molecule has 0 saturated heterocycles. The lowest BCUT2D eigenvalue weighted by Gasteiger charge is -2.16. The molecule has 1 aromatic carbocycles. The van der Waals surface area contributed by atoms with Crippen LogP contribution in [0.25, 0.3) is 0 Å². The van der Waals surface area contributed by atoms with Crippen LogP contribution < -0.4 is 0 Å². The van der Waals surface area contributed by atoms with Crippen LogP contribution in [0.1, 0.15) is 24.7 Å². The molecule has 0 radical (unpaired) electrons. The fourth-order valence-corrected chi connectivity index (χ4v) is 3.31. The molecule has 3 nitrogen and oxygen atoms in total. The number of hydrogen-bond donors (Lipinski definition) is 1. The second-order valence-corrected chi connectivity index (χ2v) is 6.80. The maximum Gasteiger partial charge on any atom is 0.159 e. The maximum absolute atomic E-state index is 13.0. The molecular formula is C12H16F2O3S. The van der Waals surface area contributed by atoms with Crippen molar-refractivity contribution in [3.05, 3.63) is 35.4 Å². The Kier molecular flexibility index (Phi) is 4.81. The van der Waals surface area contributed by atoms with E-state index in [2.05, 4.69) is 0 Å². The summed E-state index contributed by atoms with van der Waals surface area (Å²) >= 11 is 0. The number of aliphatic hydroxyl groups excluding tert-OH is 1. The second-order valence-electron chi connectivity index (χ2n) is 4.43. The lowest BCUT2D eigenvalue weighted by Crippen LogP contribution is -2.21. The van der Waals surface area contributed by atoms with Crippen LogP contribution in [-0.4, -0.2) is 25.9 Å². The molecule has 0 aliphatic heterocycles. The molecule has 18 heavy (non-hydrogen) atoms. The van der Waals surface area contributed by atoms with Gasteiger partial charge in [0.05, 0.1) is 11.0 Å². The van der Waals surface area contributed by atoms with Crippen LogP contribution in [0.15, 0.2) is 18.2 Å². The molecule has 0 aromatic heterocycles. The van der Waals surface area contributed by atoms with Gasteiger partial charge in [-0.3, -0.25) is 0 Å². The summed E-state index contributed by atoms with van der Waals surface area (Å²) in [5.74, 6) is -2.65. The third-order valence-corrected chi connectivity index (χ3v) is 5.16. The van der Waals surface area contributed by atoms with Crippen LogP contribution in [0.4, 0.5) is 8.78 Å². The van der Waals surface area contributed by atoms with Crippen molar-refractivity contribution in [3.63, 3.8) is 0 Å². The van der Waals surface area contributed by atoms with E-state index < -0.39 is 26.7 Å². The van der Waals surface area contributed by atoms with Gasteiger partial charge in [0.1, 0.15) is 0 Å². The predicted octanol–water partition coefficient (Wildman–Crippen LogP) is 2.07. The van der Waals surface area contributed by atoms with E-state index in [1.54, 1.807) is 6.92 Å². The Bertz CT molecular complexity index is 514. The third kappa shape index (κ3) is 3.49. The van der Waals surface area contributed by atoms with E-state index in [1.165, 1.54) is 13.0 Å². The molecular weight excluding hydrogens is 262 g/mol. The molecule has 6 heteroatoms. The zero-order valence-electron chi connectivity index (χ0n) is 10.2. The van der Waals surface area contributed by atoms with E-state index in [1.807, 2.05) is 0 Å². The molecule has 1 N–H and O–H groups in total. The summed E-state index contributed by atoms with van der Waals surface area (Å²) in [7, 11) is -3.50. The third-order valence-electron chi connectivity index (χ3n) is 2.78. The summed E-state index contributed by atoms with van der Waals surface area (Å²) in [4.78, 5) is 0. The molecule has 102 valence electrons. The first-order valence-electron chi connectivity index (χ1n) is 5.55. The van der Waals surface area contributed by atoms with Gasteiger partial charge in [-0.2, -0.15) is 0 Å². The lowest BCUT2D eigenvalue weighted by atomic mass is 10.1. The standard InChI is InChI=1S/C12H16F2O3S/c1-8(6-15)7-18(16,17)9(2)10-3-4-11(13)12(14)5-10/h3-5,8-9,15H,6-7H2,1-2H3. The van der Waals surface area contributed by atoms with Gasteiger partial charge >= 0.3 is 0 Å². The Morgan fingerprint density at radius 1 is 1.22 bits per heavy atom. The van der Waals surface area contributed by atoms with Gasteiger partial charge < -0.3 is 5.11 Å². The minimum Gasteiger partial charge on any atom is -0.396 e. The molecule has 1 aromatic rings. The van der Waals surface area contributed by atoms with Crippen molar-refractivity contribution in [1.82, 2.24) is 0 Å². The summed E-state index contributed by atoms with van der Waals surface area (Å²) in [5.41, 5.74) is 0.207. The van der Waals surface area contributed by atoms with Crippen LogP contribution >= 0.6 is 0 Å². The number of halogens is 2. The largest absolute Gasteiger partial charge is 0.396 e. The van der Waals surface area contributed by atoms with E-state index >= 15 is 0 Å². The molecule has 0 amide bonds. The van der Waals surface area contributed by atoms with Gasteiger partial charge in [0.2, 0.25) is 0 Å². The highest BCUT2D eigenvalue weighted by Gasteiger charge is 2.25. The predicted molar refractivity (Wildman–Crippen MR) is 64.8 cm³/mol. The molecule has 0 aliphatic rings. The fraction of sp³-hybridized carbons (Fsp3) is 0.500. The van der Waals surface area contributed by atoms with Crippen molar-refractivity contribution in [3.8, 4) is 0 Å². The molecule has 0 spiro atoms. The zero-order valence-corrected chi connectivity index (χ0v) is 11.0. The average Bonchev–Trinajstić information content (AvgIpc) is 2.31. The summed E-state index contributed by atoms with van der Waals surface area (Å²) in [6.07, 6.45) is 0. The molecule has 2 unspecified atom stereocenters. The van der Waals surface area contributed by atoms with Crippen molar-refractivity contribution in [2.45, 2.75) is 19.1 Å². The first kappa shape index (κ1) is 15.0. The fourth-order valence-electron chi connectivity index (χ4n) is 1.57. The quantitative estimate of drug-likeness (QED) is 0.897. The average molecular weight is 278 g/mol. The van der Waals surface area contributed by atoms with Crippen LogP contribution in [0.2, 0.25) is 0 Å². The van der Waals surface area contributed by atoms with Crippen molar-refractivity contribution in [2.75, 3.05) is 12.4 Å². The molecule has 0 fully saturated rings. The molecule has 2 atom stereocenters. The van der Waals surface area contributed by atoms with E-state index in [9.17, 15) is 17.2 Å². The highest BCUT2D eigenvalue weighted by atomic mass is 32.2. The van der Waals surface area contributed by atoms with Crippen molar-refractivity contribution in [2.24, 2.45) is 5.92 Å². The van der Waals surface area contributed by atoms with Crippen molar-refractivity contribution < 1.29 is 22.3 Å². The molecule has 0 aliphatic carbocycles. The Labute approximate surface area is 105 Å². The first-order chi connectivity index (χ1) is 8.27. The highest BCUT2D eigenvalue weighted by Crippen LogP contribution is 2.25. The van der Waals surface area contributed by atoms with Crippen molar-refractivity contribution >= 4 is 9.84 Å². The van der Waals surface area contributed by atoms with E-state index in [0.717, 1.165) is 12.1 Å². The summed E-state index contributed by atoms with van der Waals surface area (Å²) in [6, 6.07) is 3.05. The Morgan fingerprint density at radius 3 is 2.33 bits per heavy atom. The number of rotatable bonds is 5. The number of benzene rings is 1. The summed E-state index contributed by atoms with van der Waals surface area (Å²) < 4.78 is 49.8. The van der Waals surface area contributed by atoms with Gasteiger partial charge in [-0.05, 0) is 30.5 Å². The maximum atomic E-state index is 13.0. The lowest BCUT2D eigenvalue weighted by molar-refractivity contribution is 0.249. The van der Waals surface area contributed by atoms with Gasteiger partial charge in [0, 0.05) is 6.61 Å². The van der Waals surface area contributed by atoms with E-state index in [-0.39, 0.29) is 23.8 Å². The Balaban J connectivity index is 2.98. The van der Waals surface area contributed by atoms with Gasteiger partial charge in [0.25, 0.3) is 0 Å². The molecule has 1 rings (SSSR count). The topological polar surface area (TPSA) is 54.4 Å². The van der Waals surface area contributed by atoms with Gasteiger partial charge in [-0.15, -0.1) is 0 Å². The van der Waals surface area contributed by atoms with Crippen molar-refractivity contribution in [1.29, 1.82) is 0 Å². The second kappa shape index (κ2) is 5.75. The Hall–Kier alpha value is -1.01. The SMILES string of the molecule is CC(CO)CS(=O)(=O)C(C)c1ccc(F)c(F)c1. The van der Waals surface area contributed by atoms with Crippen LogP contribution in [0.5, 0.6) is 0 Å². The zero-order chi connectivity index (χ0) is 13.9. The van der Waals surface area contributed by atoms with E-state index in [4.69, 9.17) is 5.11 Å². The van der Waals surface area contributed by atoms with Crippen LogP contribution in [0, 0.1) is 17.6 Å². The summed E-state index contributed by atoms with van der Waals surface area (Å²) in [6.45, 7) is 2.80. The Morgan fingerprint density at radius 2 is 1.83 bits per heavy atom. The minimum absolute atomic E-state index is 0.191. The number of sulfone groups is 1. The number of aliphatic hydroxyl groups is 1. The summed E-state index contributed by atoms with van der Waals surface area (Å²) in [5, 5.41) is 7.93. The molecule has 0 heterocycles. The minimum atomic E-state index is -3.50. The molecule has 0 bridgehead atoms. The van der Waals surface area contributed by atoms with Crippen LogP contribution in [-0.2, 0) is 9.84 Å². The molecule has 0 saturated carbocycles. The van der Waals surface area contributed by atoms with Gasteiger partial charge in [-0.1, -0.05) is 13.0 Å². The van der Waals surface area contributed by atoms with E-state index in [0.29, 0.717) is 0 Å².